The van der Waals surface area contributed by atoms with E-state index in [1.165, 1.54) is 6.08 Å². The number of hydrogen-bond donors (Lipinski definition) is 1. The van der Waals surface area contributed by atoms with Crippen LogP contribution in [0.2, 0.25) is 10.0 Å². The van der Waals surface area contributed by atoms with E-state index in [2.05, 4.69) is 46.1 Å². The van der Waals surface area contributed by atoms with Crippen molar-refractivity contribution in [3.63, 3.8) is 0 Å². The predicted octanol–water partition coefficient (Wildman–Crippen LogP) is 9.85. The molecule has 0 aliphatic heterocycles. The summed E-state index contributed by atoms with van der Waals surface area (Å²) in [7, 11) is 0. The first-order chi connectivity index (χ1) is 21.8. The van der Waals surface area contributed by atoms with Gasteiger partial charge in [-0.3, -0.25) is 4.79 Å². The molecular formula is C36H27Cl2IN2O4. The molecule has 5 aromatic rings. The number of amides is 1. The molecule has 6 nitrogen and oxygen atoms in total. The van der Waals surface area contributed by atoms with Crippen LogP contribution in [0.15, 0.2) is 103 Å². The fraction of sp³-hybridized carbons (Fsp3) is 0.111. The van der Waals surface area contributed by atoms with Crippen LogP contribution in [0.1, 0.15) is 23.6 Å². The fourth-order valence-electron chi connectivity index (χ4n) is 4.59. The van der Waals surface area contributed by atoms with E-state index in [0.29, 0.717) is 51.8 Å². The maximum atomic E-state index is 13.0. The number of carbonyl (C=O) groups is 1. The number of rotatable bonds is 11. The fourth-order valence-corrected chi connectivity index (χ4v) is 5.83. The molecular weight excluding hydrogens is 722 g/mol. The summed E-state index contributed by atoms with van der Waals surface area (Å²) >= 11 is 14.4. The molecule has 226 valence electrons. The minimum Gasteiger partial charge on any atom is -0.490 e. The number of nitrogens with zero attached hydrogens (tertiary/aromatic N) is 1. The van der Waals surface area contributed by atoms with Gasteiger partial charge in [-0.25, -0.2) is 0 Å². The number of fused-ring (bicyclic) bond motifs is 1. The second-order valence-corrected chi connectivity index (χ2v) is 11.9. The molecule has 0 bridgehead atoms. The van der Waals surface area contributed by atoms with Gasteiger partial charge < -0.3 is 19.5 Å². The van der Waals surface area contributed by atoms with Crippen molar-refractivity contribution < 1.29 is 19.0 Å². The van der Waals surface area contributed by atoms with E-state index in [0.717, 1.165) is 25.5 Å². The lowest BCUT2D eigenvalue weighted by Crippen LogP contribution is -2.13. The van der Waals surface area contributed by atoms with Crippen LogP contribution in [0.5, 0.6) is 17.2 Å². The van der Waals surface area contributed by atoms with Gasteiger partial charge >= 0.3 is 0 Å². The van der Waals surface area contributed by atoms with Crippen molar-refractivity contribution in [2.24, 2.45) is 0 Å². The summed E-state index contributed by atoms with van der Waals surface area (Å²) in [5.74, 6) is 1.19. The van der Waals surface area contributed by atoms with Crippen molar-refractivity contribution in [1.29, 1.82) is 5.26 Å². The topological polar surface area (TPSA) is 80.6 Å². The quantitative estimate of drug-likeness (QED) is 0.0827. The molecule has 5 rings (SSSR count). The van der Waals surface area contributed by atoms with Crippen LogP contribution < -0.4 is 19.5 Å². The van der Waals surface area contributed by atoms with Gasteiger partial charge in [0.05, 0.1) is 10.2 Å². The molecule has 45 heavy (non-hydrogen) atoms. The summed E-state index contributed by atoms with van der Waals surface area (Å²) in [5.41, 5.74) is 2.95. The molecule has 5 aromatic carbocycles. The average Bonchev–Trinajstić information content (AvgIpc) is 3.03. The Bertz CT molecular complexity index is 1910. The lowest BCUT2D eigenvalue weighted by atomic mass is 10.1. The third-order valence-corrected chi connectivity index (χ3v) is 8.17. The summed E-state index contributed by atoms with van der Waals surface area (Å²) in [6.45, 7) is 2.93. The second kappa shape index (κ2) is 15.2. The van der Waals surface area contributed by atoms with E-state index in [9.17, 15) is 10.1 Å². The van der Waals surface area contributed by atoms with Crippen LogP contribution in [0.4, 0.5) is 5.69 Å². The number of anilines is 1. The summed E-state index contributed by atoms with van der Waals surface area (Å²) in [6, 6.07) is 32.0. The maximum Gasteiger partial charge on any atom is 0.266 e. The van der Waals surface area contributed by atoms with Gasteiger partial charge in [-0.2, -0.15) is 5.26 Å². The minimum absolute atomic E-state index is 0.0598. The van der Waals surface area contributed by atoms with Crippen molar-refractivity contribution >= 4 is 74.2 Å². The molecule has 9 heteroatoms. The smallest absolute Gasteiger partial charge is 0.266 e. The summed E-state index contributed by atoms with van der Waals surface area (Å²) < 4.78 is 18.8. The van der Waals surface area contributed by atoms with Crippen LogP contribution >= 0.6 is 45.8 Å². The Hall–Kier alpha value is -4.23. The van der Waals surface area contributed by atoms with Gasteiger partial charge in [0.25, 0.3) is 5.91 Å². The Balaban J connectivity index is 1.27. The Morgan fingerprint density at radius 2 is 1.64 bits per heavy atom. The van der Waals surface area contributed by atoms with Crippen LogP contribution in [0.25, 0.3) is 16.8 Å². The molecule has 0 aliphatic carbocycles. The summed E-state index contributed by atoms with van der Waals surface area (Å²) in [5, 5.41) is 15.9. The van der Waals surface area contributed by atoms with Gasteiger partial charge in [0, 0.05) is 21.3 Å². The van der Waals surface area contributed by atoms with Gasteiger partial charge in [0.1, 0.15) is 30.6 Å². The molecule has 0 fully saturated rings. The van der Waals surface area contributed by atoms with Crippen molar-refractivity contribution in [2.45, 2.75) is 20.1 Å². The largest absolute Gasteiger partial charge is 0.490 e. The Morgan fingerprint density at radius 1 is 0.889 bits per heavy atom. The zero-order valence-corrected chi connectivity index (χ0v) is 27.8. The second-order valence-electron chi connectivity index (χ2n) is 9.86. The third-order valence-electron chi connectivity index (χ3n) is 6.78. The number of nitriles is 1. The van der Waals surface area contributed by atoms with Crippen molar-refractivity contribution in [2.75, 3.05) is 11.9 Å². The monoisotopic (exact) mass is 748 g/mol. The minimum atomic E-state index is -0.539. The first-order valence-electron chi connectivity index (χ1n) is 14.0. The van der Waals surface area contributed by atoms with Crippen LogP contribution in [-0.4, -0.2) is 12.5 Å². The van der Waals surface area contributed by atoms with Crippen molar-refractivity contribution in [3.8, 4) is 23.3 Å². The normalized spacial score (nSPS) is 11.1. The summed E-state index contributed by atoms with van der Waals surface area (Å²) in [6.07, 6.45) is 1.53. The van der Waals surface area contributed by atoms with Crippen LogP contribution in [-0.2, 0) is 18.0 Å². The molecule has 0 radical (unpaired) electrons. The first kappa shape index (κ1) is 32.2. The number of nitrogens with one attached hydrogen (secondary N) is 1. The zero-order chi connectivity index (χ0) is 31.8. The molecule has 0 atom stereocenters. The van der Waals surface area contributed by atoms with Crippen LogP contribution in [0.3, 0.4) is 0 Å². The van der Waals surface area contributed by atoms with Gasteiger partial charge in [-0.05, 0) is 106 Å². The van der Waals surface area contributed by atoms with Crippen molar-refractivity contribution in [3.05, 3.63) is 133 Å². The van der Waals surface area contributed by atoms with Crippen molar-refractivity contribution in [1.82, 2.24) is 0 Å². The molecule has 0 saturated carbocycles. The van der Waals surface area contributed by atoms with Gasteiger partial charge in [0.15, 0.2) is 11.5 Å². The highest BCUT2D eigenvalue weighted by molar-refractivity contribution is 14.1. The van der Waals surface area contributed by atoms with Gasteiger partial charge in [-0.1, -0.05) is 71.7 Å². The Labute approximate surface area is 285 Å². The highest BCUT2D eigenvalue weighted by atomic mass is 127. The first-order valence-corrected chi connectivity index (χ1v) is 15.8. The standard InChI is InChI=1S/C36H27Cl2IN2O4/c1-2-43-34-18-23(17-33(39)35(34)45-21-25-8-5-7-24-6-3-4-9-31(24)25)16-27(20-40)36(42)41-29-12-14-30(15-13-29)44-22-26-10-11-28(37)19-32(26)38/h3-19H,2,21-22H2,1H3,(H,41,42)/b27-16+. The number of ether oxygens (including phenoxy) is 3. The molecule has 1 amide bonds. The molecule has 0 saturated heterocycles. The van der Waals surface area contributed by atoms with Crippen LogP contribution in [0, 0.1) is 14.9 Å². The van der Waals surface area contributed by atoms with E-state index in [1.807, 2.05) is 43.3 Å². The molecule has 1 N–H and O–H groups in total. The molecule has 0 heterocycles. The highest BCUT2D eigenvalue weighted by Crippen LogP contribution is 2.36. The zero-order valence-electron chi connectivity index (χ0n) is 24.2. The molecule has 0 spiro atoms. The third kappa shape index (κ3) is 8.28. The van der Waals surface area contributed by atoms with E-state index in [4.69, 9.17) is 37.4 Å². The van der Waals surface area contributed by atoms with E-state index in [1.54, 1.807) is 48.5 Å². The number of hydrogen-bond acceptors (Lipinski definition) is 5. The lowest BCUT2D eigenvalue weighted by Gasteiger charge is -2.16. The number of benzene rings is 5. The number of halogens is 3. The number of carbonyl (C=O) groups excluding carboxylic acids is 1. The van der Waals surface area contributed by atoms with Gasteiger partial charge in [-0.15, -0.1) is 0 Å². The highest BCUT2D eigenvalue weighted by Gasteiger charge is 2.15. The maximum absolute atomic E-state index is 13.0. The average molecular weight is 749 g/mol. The van der Waals surface area contributed by atoms with E-state index in [-0.39, 0.29) is 12.2 Å². The molecule has 0 unspecified atom stereocenters. The van der Waals surface area contributed by atoms with Gasteiger partial charge in [0.2, 0.25) is 0 Å². The van der Waals surface area contributed by atoms with E-state index < -0.39 is 5.91 Å². The van der Waals surface area contributed by atoms with E-state index >= 15 is 0 Å². The Kier molecular flexibility index (Phi) is 10.8. The predicted molar refractivity (Wildman–Crippen MR) is 188 cm³/mol. The summed E-state index contributed by atoms with van der Waals surface area (Å²) in [4.78, 5) is 13.0. The Morgan fingerprint density at radius 3 is 2.40 bits per heavy atom. The molecule has 0 aliphatic rings. The SMILES string of the molecule is CCOc1cc(/C=C(\C#N)C(=O)Nc2ccc(OCc3ccc(Cl)cc3Cl)cc2)cc(I)c1OCc1cccc2ccccc12. The molecule has 0 aromatic heterocycles. The lowest BCUT2D eigenvalue weighted by molar-refractivity contribution is -0.112.